The molecule has 0 aliphatic carbocycles. The summed E-state index contributed by atoms with van der Waals surface area (Å²) >= 11 is 1.73. The summed E-state index contributed by atoms with van der Waals surface area (Å²) in [6, 6.07) is 15.4. The Balaban J connectivity index is 1.42. The van der Waals surface area contributed by atoms with E-state index in [2.05, 4.69) is 17.4 Å². The quantitative estimate of drug-likeness (QED) is 0.423. The van der Waals surface area contributed by atoms with E-state index in [1.807, 2.05) is 18.2 Å². The number of carbonyl (C=O) groups excluding carboxylic acids is 2. The number of fused-ring (bicyclic) bond motifs is 1. The molecule has 0 aliphatic heterocycles. The highest BCUT2D eigenvalue weighted by Gasteiger charge is 2.20. The van der Waals surface area contributed by atoms with Crippen molar-refractivity contribution in [3.05, 3.63) is 65.4 Å². The van der Waals surface area contributed by atoms with Crippen molar-refractivity contribution in [3.63, 3.8) is 0 Å². The van der Waals surface area contributed by atoms with Crippen LogP contribution in [-0.2, 0) is 15.3 Å². The number of carbonyl (C=O) groups is 2. The van der Waals surface area contributed by atoms with Crippen LogP contribution in [0.5, 0.6) is 5.75 Å². The molecule has 0 saturated carbocycles. The Hall–Kier alpha value is -2.93. The molecular weight excluding hydrogens is 390 g/mol. The van der Waals surface area contributed by atoms with Gasteiger partial charge in [0.2, 0.25) is 5.76 Å². The molecule has 1 heterocycles. The number of ether oxygens (including phenoxy) is 2. The maximum atomic E-state index is 12.3. The molecule has 0 bridgehead atoms. The average molecular weight is 413 g/mol. The molecule has 0 fully saturated rings. The molecule has 1 aromatic heterocycles. The zero-order valence-corrected chi connectivity index (χ0v) is 17.2. The molecule has 3 rings (SSSR count). The van der Waals surface area contributed by atoms with Crippen LogP contribution in [-0.4, -0.2) is 37.9 Å². The van der Waals surface area contributed by atoms with Crippen molar-refractivity contribution in [2.75, 3.05) is 26.0 Å². The van der Waals surface area contributed by atoms with E-state index in [-0.39, 0.29) is 18.3 Å². The number of amides is 1. The highest BCUT2D eigenvalue weighted by molar-refractivity contribution is 7.98. The number of benzene rings is 2. The van der Waals surface area contributed by atoms with Crippen LogP contribution >= 0.6 is 11.8 Å². The molecule has 152 valence electrons. The van der Waals surface area contributed by atoms with Crippen molar-refractivity contribution >= 4 is 34.6 Å². The number of methoxy groups -OCH3 is 1. The second-order valence-corrected chi connectivity index (χ2v) is 7.49. The monoisotopic (exact) mass is 413 g/mol. The van der Waals surface area contributed by atoms with Gasteiger partial charge >= 0.3 is 5.97 Å². The summed E-state index contributed by atoms with van der Waals surface area (Å²) in [4.78, 5) is 24.2. The summed E-state index contributed by atoms with van der Waals surface area (Å²) in [5.41, 5.74) is 2.47. The van der Waals surface area contributed by atoms with Gasteiger partial charge in [0.25, 0.3) is 5.91 Å². The zero-order chi connectivity index (χ0) is 20.6. The largest absolute Gasteiger partial charge is 0.497 e. The van der Waals surface area contributed by atoms with E-state index in [4.69, 9.17) is 13.9 Å². The molecule has 0 aliphatic rings. The van der Waals surface area contributed by atoms with Crippen molar-refractivity contribution in [1.82, 2.24) is 5.32 Å². The number of hydrogen-bond acceptors (Lipinski definition) is 6. The van der Waals surface area contributed by atoms with Gasteiger partial charge in [-0.2, -0.15) is 11.8 Å². The van der Waals surface area contributed by atoms with Crippen LogP contribution in [0.25, 0.3) is 11.0 Å². The fourth-order valence-electron chi connectivity index (χ4n) is 2.80. The Labute approximate surface area is 173 Å². The summed E-state index contributed by atoms with van der Waals surface area (Å²) in [5, 5.41) is 3.52. The zero-order valence-electron chi connectivity index (χ0n) is 16.4. The Kier molecular flexibility index (Phi) is 7.19. The van der Waals surface area contributed by atoms with Gasteiger partial charge in [-0.05, 0) is 30.7 Å². The molecule has 7 heteroatoms. The van der Waals surface area contributed by atoms with Crippen molar-refractivity contribution < 1.29 is 23.5 Å². The lowest BCUT2D eigenvalue weighted by Gasteiger charge is -2.06. The minimum Gasteiger partial charge on any atom is -0.497 e. The van der Waals surface area contributed by atoms with E-state index in [9.17, 15) is 9.59 Å². The Morgan fingerprint density at radius 1 is 1.14 bits per heavy atom. The van der Waals surface area contributed by atoms with Gasteiger partial charge in [0.1, 0.15) is 11.3 Å². The molecule has 0 saturated heterocycles. The fraction of sp³-hybridized carbons (Fsp3) is 0.273. The van der Waals surface area contributed by atoms with Crippen molar-refractivity contribution in [2.24, 2.45) is 0 Å². The van der Waals surface area contributed by atoms with E-state index < -0.39 is 5.97 Å². The lowest BCUT2D eigenvalue weighted by Crippen LogP contribution is -2.30. The van der Waals surface area contributed by atoms with Gasteiger partial charge in [-0.25, -0.2) is 4.79 Å². The number of nitrogens with one attached hydrogen (secondary N) is 1. The smallest absolute Gasteiger partial charge is 0.375 e. The molecule has 3 aromatic rings. The molecule has 6 nitrogen and oxygen atoms in total. The third kappa shape index (κ3) is 5.54. The Morgan fingerprint density at radius 2 is 1.93 bits per heavy atom. The molecule has 0 atom stereocenters. The van der Waals surface area contributed by atoms with Crippen molar-refractivity contribution in [1.29, 1.82) is 0 Å². The van der Waals surface area contributed by atoms with E-state index in [1.165, 1.54) is 5.56 Å². The summed E-state index contributed by atoms with van der Waals surface area (Å²) in [6.45, 7) is 1.94. The predicted molar refractivity (Wildman–Crippen MR) is 113 cm³/mol. The highest BCUT2D eigenvalue weighted by atomic mass is 32.2. The highest BCUT2D eigenvalue weighted by Crippen LogP contribution is 2.29. The number of esters is 1. The van der Waals surface area contributed by atoms with E-state index in [1.54, 1.807) is 44.0 Å². The van der Waals surface area contributed by atoms with Gasteiger partial charge in [-0.15, -0.1) is 0 Å². The second-order valence-electron chi connectivity index (χ2n) is 6.38. The number of hydrogen-bond donors (Lipinski definition) is 1. The number of rotatable bonds is 9. The number of aryl methyl sites for hydroxylation is 1. The van der Waals surface area contributed by atoms with Crippen LogP contribution in [0.3, 0.4) is 0 Å². The van der Waals surface area contributed by atoms with Gasteiger partial charge in [-0.1, -0.05) is 30.3 Å². The van der Waals surface area contributed by atoms with Crippen LogP contribution in [0.15, 0.2) is 52.9 Å². The normalized spacial score (nSPS) is 10.7. The molecule has 0 spiro atoms. The van der Waals surface area contributed by atoms with E-state index in [0.29, 0.717) is 23.4 Å². The van der Waals surface area contributed by atoms with Crippen LogP contribution < -0.4 is 10.1 Å². The summed E-state index contributed by atoms with van der Waals surface area (Å²) in [7, 11) is 1.57. The molecular formula is C22H23NO5S. The van der Waals surface area contributed by atoms with Crippen molar-refractivity contribution in [3.8, 4) is 5.75 Å². The average Bonchev–Trinajstić information content (AvgIpc) is 3.08. The van der Waals surface area contributed by atoms with Crippen LogP contribution in [0, 0.1) is 6.92 Å². The van der Waals surface area contributed by atoms with E-state index >= 15 is 0 Å². The molecule has 1 N–H and O–H groups in total. The Morgan fingerprint density at radius 3 is 2.69 bits per heavy atom. The molecule has 2 aromatic carbocycles. The summed E-state index contributed by atoms with van der Waals surface area (Å²) < 4.78 is 15.9. The SMILES string of the molecule is COc1ccc2oc(C(=O)OCC(=O)NCCSCc3ccccc3)c(C)c2c1. The maximum Gasteiger partial charge on any atom is 0.375 e. The topological polar surface area (TPSA) is 77.8 Å². The predicted octanol–water partition coefficient (Wildman–Crippen LogP) is 3.96. The third-order valence-electron chi connectivity index (χ3n) is 4.34. The first kappa shape index (κ1) is 20.8. The first-order chi connectivity index (χ1) is 14.1. The second kappa shape index (κ2) is 10.0. The van der Waals surface area contributed by atoms with Gasteiger partial charge < -0.3 is 19.2 Å². The van der Waals surface area contributed by atoms with Crippen molar-refractivity contribution in [2.45, 2.75) is 12.7 Å². The van der Waals surface area contributed by atoms with Gasteiger partial charge in [-0.3, -0.25) is 4.79 Å². The first-order valence-electron chi connectivity index (χ1n) is 9.21. The fourth-order valence-corrected chi connectivity index (χ4v) is 3.62. The lowest BCUT2D eigenvalue weighted by molar-refractivity contribution is -0.124. The molecule has 29 heavy (non-hydrogen) atoms. The Bertz CT molecular complexity index is 984. The van der Waals surface area contributed by atoms with Gasteiger partial charge in [0, 0.05) is 29.0 Å². The van der Waals surface area contributed by atoms with Gasteiger partial charge in [0.15, 0.2) is 6.61 Å². The minimum absolute atomic E-state index is 0.0967. The number of furan rings is 1. The lowest BCUT2D eigenvalue weighted by atomic mass is 10.1. The number of thioether (sulfide) groups is 1. The first-order valence-corrected chi connectivity index (χ1v) is 10.4. The molecule has 1 amide bonds. The summed E-state index contributed by atoms with van der Waals surface area (Å²) in [6.07, 6.45) is 0. The maximum absolute atomic E-state index is 12.3. The van der Waals surface area contributed by atoms with Crippen LogP contribution in [0.2, 0.25) is 0 Å². The van der Waals surface area contributed by atoms with Gasteiger partial charge in [0.05, 0.1) is 7.11 Å². The van der Waals surface area contributed by atoms with E-state index in [0.717, 1.165) is 16.9 Å². The van der Waals surface area contributed by atoms with Crippen LogP contribution in [0.1, 0.15) is 21.7 Å². The molecule has 0 radical (unpaired) electrons. The third-order valence-corrected chi connectivity index (χ3v) is 5.37. The standard InChI is InChI=1S/C22H23NO5S/c1-15-18-12-17(26-2)8-9-19(18)28-21(15)22(25)27-13-20(24)23-10-11-29-14-16-6-4-3-5-7-16/h3-9,12H,10-11,13-14H2,1-2H3,(H,23,24). The minimum atomic E-state index is -0.661. The molecule has 0 unspecified atom stereocenters. The van der Waals surface area contributed by atoms with Crippen LogP contribution in [0.4, 0.5) is 0 Å². The summed E-state index contributed by atoms with van der Waals surface area (Å²) in [5.74, 6) is 1.44.